The van der Waals surface area contributed by atoms with Gasteiger partial charge in [-0.15, -0.1) is 0 Å². The minimum Gasteiger partial charge on any atom is -0.492 e. The Kier molecular flexibility index (Phi) is 2.67. The zero-order valence-electron chi connectivity index (χ0n) is 7.29. The lowest BCUT2D eigenvalue weighted by molar-refractivity contribution is -0.114. The fourth-order valence-corrected chi connectivity index (χ4v) is 0.818. The van der Waals surface area contributed by atoms with Gasteiger partial charge in [-0.1, -0.05) is 0 Å². The Hall–Kier alpha value is -2.09. The molecule has 8 heteroatoms. The molecule has 0 bridgehead atoms. The summed E-state index contributed by atoms with van der Waals surface area (Å²) in [4.78, 5) is 27.5. The third kappa shape index (κ3) is 1.98. The van der Waals surface area contributed by atoms with Crippen molar-refractivity contribution >= 4 is 17.5 Å². The van der Waals surface area contributed by atoms with Gasteiger partial charge in [-0.05, 0) is 0 Å². The zero-order chi connectivity index (χ0) is 10.7. The van der Waals surface area contributed by atoms with Gasteiger partial charge in [0.15, 0.2) is 5.69 Å². The number of nitrogens with one attached hydrogen (secondary N) is 3. The summed E-state index contributed by atoms with van der Waals surface area (Å²) in [5, 5.41) is 11.3. The van der Waals surface area contributed by atoms with Crippen LogP contribution in [-0.2, 0) is 4.79 Å². The Morgan fingerprint density at radius 1 is 1.64 bits per heavy atom. The van der Waals surface area contributed by atoms with E-state index in [0.717, 1.165) is 0 Å². The van der Waals surface area contributed by atoms with Crippen LogP contribution in [0, 0.1) is 0 Å². The summed E-state index contributed by atoms with van der Waals surface area (Å²) >= 11 is 0. The van der Waals surface area contributed by atoms with Gasteiger partial charge in [0.1, 0.15) is 0 Å². The van der Waals surface area contributed by atoms with Gasteiger partial charge in [0, 0.05) is 6.92 Å². The van der Waals surface area contributed by atoms with Crippen molar-refractivity contribution in [3.8, 4) is 5.88 Å². The zero-order valence-corrected chi connectivity index (χ0v) is 7.29. The normalized spacial score (nSPS) is 9.57. The van der Waals surface area contributed by atoms with E-state index in [1.807, 2.05) is 5.43 Å². The molecule has 8 nitrogen and oxygen atoms in total. The van der Waals surface area contributed by atoms with E-state index in [-0.39, 0.29) is 11.6 Å². The number of hydrazine groups is 1. The average Bonchev–Trinajstić information content (AvgIpc) is 2.10. The van der Waals surface area contributed by atoms with Crippen molar-refractivity contribution in [2.45, 2.75) is 6.92 Å². The number of anilines is 2. The number of H-pyrrole nitrogens is 1. The van der Waals surface area contributed by atoms with Crippen molar-refractivity contribution in [2.24, 2.45) is 5.84 Å². The van der Waals surface area contributed by atoms with Gasteiger partial charge >= 0.3 is 0 Å². The first kappa shape index (κ1) is 9.99. The summed E-state index contributed by atoms with van der Waals surface area (Å²) in [5.74, 6) is 3.78. The van der Waals surface area contributed by atoms with Crippen molar-refractivity contribution in [2.75, 3.05) is 10.7 Å². The Morgan fingerprint density at radius 3 is 2.71 bits per heavy atom. The third-order valence-electron chi connectivity index (χ3n) is 1.34. The van der Waals surface area contributed by atoms with Gasteiger partial charge in [0.05, 0.1) is 0 Å². The van der Waals surface area contributed by atoms with Crippen molar-refractivity contribution < 1.29 is 9.90 Å². The quantitative estimate of drug-likeness (QED) is 0.297. The number of nitrogens with two attached hydrogens (primary N) is 1. The molecule has 1 amide bonds. The highest BCUT2D eigenvalue weighted by molar-refractivity contribution is 5.89. The van der Waals surface area contributed by atoms with Gasteiger partial charge in [-0.2, -0.15) is 4.98 Å². The number of hydrogen-bond acceptors (Lipinski definition) is 6. The molecule has 6 N–H and O–H groups in total. The molecule has 0 saturated carbocycles. The monoisotopic (exact) mass is 199 g/mol. The second-order valence-electron chi connectivity index (χ2n) is 2.44. The maximum absolute atomic E-state index is 11.2. The lowest BCUT2D eigenvalue weighted by Gasteiger charge is -2.04. The molecule has 0 fully saturated rings. The van der Waals surface area contributed by atoms with E-state index >= 15 is 0 Å². The van der Waals surface area contributed by atoms with E-state index in [1.54, 1.807) is 0 Å². The predicted octanol–water partition coefficient (Wildman–Crippen LogP) is -1.28. The Labute approximate surface area is 78.1 Å². The Morgan fingerprint density at radius 2 is 2.29 bits per heavy atom. The molecular weight excluding hydrogens is 190 g/mol. The second kappa shape index (κ2) is 3.75. The molecule has 0 aromatic carbocycles. The number of amides is 1. The van der Waals surface area contributed by atoms with Gasteiger partial charge in [0.2, 0.25) is 17.7 Å². The summed E-state index contributed by atoms with van der Waals surface area (Å²) in [5.41, 5.74) is 1.05. The molecule has 0 aliphatic carbocycles. The summed E-state index contributed by atoms with van der Waals surface area (Å²) in [7, 11) is 0. The molecule has 0 saturated heterocycles. The van der Waals surface area contributed by atoms with Crippen molar-refractivity contribution in [3.63, 3.8) is 0 Å². The van der Waals surface area contributed by atoms with Crippen LogP contribution < -0.4 is 22.1 Å². The largest absolute Gasteiger partial charge is 0.492 e. The molecule has 0 spiro atoms. The SMILES string of the molecule is CC(=O)Nc1c(O)nc(NN)[nH]c1=O. The summed E-state index contributed by atoms with van der Waals surface area (Å²) in [6, 6.07) is 0. The van der Waals surface area contributed by atoms with Gasteiger partial charge in [-0.3, -0.25) is 20.0 Å². The number of aromatic hydroxyl groups is 1. The van der Waals surface area contributed by atoms with Crippen molar-refractivity contribution in [3.05, 3.63) is 10.4 Å². The topological polar surface area (TPSA) is 133 Å². The highest BCUT2D eigenvalue weighted by Crippen LogP contribution is 2.14. The fraction of sp³-hybridized carbons (Fsp3) is 0.167. The van der Waals surface area contributed by atoms with Crippen molar-refractivity contribution in [1.82, 2.24) is 9.97 Å². The number of nitrogens with zero attached hydrogens (tertiary/aromatic N) is 1. The molecule has 1 heterocycles. The number of nitrogen functional groups attached to an aromatic ring is 1. The number of rotatable bonds is 2. The smallest absolute Gasteiger partial charge is 0.280 e. The molecule has 0 aliphatic rings. The number of aromatic amines is 1. The molecule has 0 aliphatic heterocycles. The van der Waals surface area contributed by atoms with E-state index in [9.17, 15) is 14.7 Å². The van der Waals surface area contributed by atoms with Crippen LogP contribution in [0.2, 0.25) is 0 Å². The lowest BCUT2D eigenvalue weighted by atomic mass is 10.4. The maximum Gasteiger partial charge on any atom is 0.280 e. The fourth-order valence-electron chi connectivity index (χ4n) is 0.818. The van der Waals surface area contributed by atoms with Crippen LogP contribution in [0.5, 0.6) is 5.88 Å². The molecule has 76 valence electrons. The number of carbonyl (C=O) groups excluding carboxylic acids is 1. The maximum atomic E-state index is 11.2. The summed E-state index contributed by atoms with van der Waals surface area (Å²) < 4.78 is 0. The number of carbonyl (C=O) groups is 1. The van der Waals surface area contributed by atoms with E-state index in [4.69, 9.17) is 5.84 Å². The van der Waals surface area contributed by atoms with Gasteiger partial charge in [-0.25, -0.2) is 5.84 Å². The minimum absolute atomic E-state index is 0.0957. The summed E-state index contributed by atoms with van der Waals surface area (Å²) in [6.07, 6.45) is 0. The van der Waals surface area contributed by atoms with Crippen LogP contribution in [0.3, 0.4) is 0 Å². The first-order valence-electron chi connectivity index (χ1n) is 3.62. The molecule has 1 aromatic rings. The third-order valence-corrected chi connectivity index (χ3v) is 1.34. The first-order chi connectivity index (χ1) is 6.54. The molecule has 14 heavy (non-hydrogen) atoms. The standard InChI is InChI=1S/C6H9N5O3/c1-2(12)8-3-4(13)9-6(11-7)10-5(3)14/h7H2,1H3,(H,8,12)(H3,9,10,11,13,14). The van der Waals surface area contributed by atoms with Crippen LogP contribution in [-0.4, -0.2) is 21.0 Å². The van der Waals surface area contributed by atoms with E-state index < -0.39 is 17.3 Å². The minimum atomic E-state index is -0.694. The average molecular weight is 199 g/mol. The Balaban J connectivity index is 3.18. The highest BCUT2D eigenvalue weighted by atomic mass is 16.3. The van der Waals surface area contributed by atoms with Crippen LogP contribution in [0.25, 0.3) is 0 Å². The Bertz CT molecular complexity index is 412. The van der Waals surface area contributed by atoms with Gasteiger partial charge < -0.3 is 10.4 Å². The molecule has 1 aromatic heterocycles. The number of aromatic nitrogens is 2. The van der Waals surface area contributed by atoms with Crippen LogP contribution in [0.1, 0.15) is 6.92 Å². The predicted molar refractivity (Wildman–Crippen MR) is 48.6 cm³/mol. The summed E-state index contributed by atoms with van der Waals surface area (Å²) in [6.45, 7) is 1.20. The van der Waals surface area contributed by atoms with E-state index in [2.05, 4.69) is 15.3 Å². The first-order valence-corrected chi connectivity index (χ1v) is 3.62. The van der Waals surface area contributed by atoms with E-state index in [1.165, 1.54) is 6.92 Å². The van der Waals surface area contributed by atoms with Crippen LogP contribution >= 0.6 is 0 Å². The molecule has 1 rings (SSSR count). The highest BCUT2D eigenvalue weighted by Gasteiger charge is 2.10. The second-order valence-corrected chi connectivity index (χ2v) is 2.44. The molecular formula is C6H9N5O3. The number of hydrogen-bond donors (Lipinski definition) is 5. The molecule has 0 unspecified atom stereocenters. The van der Waals surface area contributed by atoms with Gasteiger partial charge in [0.25, 0.3) is 5.56 Å². The molecule has 0 atom stereocenters. The lowest BCUT2D eigenvalue weighted by Crippen LogP contribution is -2.21. The van der Waals surface area contributed by atoms with Crippen molar-refractivity contribution in [1.29, 1.82) is 0 Å². The molecule has 0 radical (unpaired) electrons. The van der Waals surface area contributed by atoms with Crippen LogP contribution in [0.4, 0.5) is 11.6 Å². The van der Waals surface area contributed by atoms with E-state index in [0.29, 0.717) is 0 Å². The van der Waals surface area contributed by atoms with Crippen LogP contribution in [0.15, 0.2) is 4.79 Å².